The van der Waals surface area contributed by atoms with Crippen LogP contribution < -0.4 is 9.47 Å². The number of rotatable bonds is 5. The number of carboxylic acid groups (broad SMARTS) is 1. The van der Waals surface area contributed by atoms with Crippen LogP contribution in [0.4, 0.5) is 0 Å². The maximum Gasteiger partial charge on any atom is 0.311 e. The van der Waals surface area contributed by atoms with Gasteiger partial charge in [-0.05, 0) is 24.1 Å². The minimum atomic E-state index is -0.855. The van der Waals surface area contributed by atoms with Gasteiger partial charge in [0, 0.05) is 20.1 Å². The van der Waals surface area contributed by atoms with E-state index in [1.54, 1.807) is 25.3 Å². The summed E-state index contributed by atoms with van der Waals surface area (Å²) in [5.74, 6) is -0.139. The van der Waals surface area contributed by atoms with Crippen molar-refractivity contribution in [3.05, 3.63) is 23.8 Å². The van der Waals surface area contributed by atoms with Gasteiger partial charge in [0.1, 0.15) is 0 Å². The third-order valence-electron chi connectivity index (χ3n) is 3.08. The highest BCUT2D eigenvalue weighted by atomic mass is 16.5. The zero-order valence-electron chi connectivity index (χ0n) is 10.9. The number of aliphatic carboxylic acids is 1. The van der Waals surface area contributed by atoms with E-state index in [9.17, 15) is 9.90 Å². The Morgan fingerprint density at radius 1 is 1.37 bits per heavy atom. The number of carboxylic acids is 1. The van der Waals surface area contributed by atoms with Crippen molar-refractivity contribution >= 4 is 5.97 Å². The van der Waals surface area contributed by atoms with Crippen molar-refractivity contribution in [2.24, 2.45) is 0 Å². The van der Waals surface area contributed by atoms with E-state index >= 15 is 0 Å². The topological polar surface area (TPSA) is 65.0 Å². The number of fused-ring (bicyclic) bond motifs is 1. The lowest BCUT2D eigenvalue weighted by molar-refractivity contribution is -0.139. The summed E-state index contributed by atoms with van der Waals surface area (Å²) in [6, 6.07) is 5.32. The van der Waals surface area contributed by atoms with Gasteiger partial charge < -0.3 is 19.3 Å². The van der Waals surface area contributed by atoms with E-state index in [-0.39, 0.29) is 0 Å². The van der Waals surface area contributed by atoms with Gasteiger partial charge in [-0.25, -0.2) is 0 Å². The molecule has 0 aliphatic carbocycles. The molecule has 1 unspecified atom stereocenters. The van der Waals surface area contributed by atoms with Gasteiger partial charge >= 0.3 is 5.97 Å². The zero-order valence-corrected chi connectivity index (χ0v) is 10.9. The summed E-state index contributed by atoms with van der Waals surface area (Å²) in [6.07, 6.45) is 1.27. The average Bonchev–Trinajstić information content (AvgIpc) is 2.63. The molecule has 1 aromatic carbocycles. The van der Waals surface area contributed by atoms with E-state index in [0.717, 1.165) is 6.42 Å². The van der Waals surface area contributed by atoms with Crippen molar-refractivity contribution in [2.75, 3.05) is 26.9 Å². The minimum absolute atomic E-state index is 0.408. The Morgan fingerprint density at radius 2 is 2.11 bits per heavy atom. The van der Waals surface area contributed by atoms with E-state index in [1.807, 2.05) is 0 Å². The molecular formula is C14H18O5. The van der Waals surface area contributed by atoms with E-state index < -0.39 is 11.9 Å². The molecule has 0 aromatic heterocycles. The van der Waals surface area contributed by atoms with Crippen LogP contribution in [0.1, 0.15) is 24.3 Å². The van der Waals surface area contributed by atoms with Crippen LogP contribution in [-0.4, -0.2) is 38.0 Å². The van der Waals surface area contributed by atoms with Crippen LogP contribution in [-0.2, 0) is 9.53 Å². The molecule has 0 saturated carbocycles. The lowest BCUT2D eigenvalue weighted by atomic mass is 9.96. The van der Waals surface area contributed by atoms with Crippen molar-refractivity contribution in [1.29, 1.82) is 0 Å². The molecule has 1 atom stereocenters. The zero-order chi connectivity index (χ0) is 13.7. The molecule has 1 heterocycles. The molecular weight excluding hydrogens is 248 g/mol. The monoisotopic (exact) mass is 266 g/mol. The van der Waals surface area contributed by atoms with Crippen LogP contribution in [0.2, 0.25) is 0 Å². The fraction of sp³-hybridized carbons (Fsp3) is 0.500. The Labute approximate surface area is 112 Å². The first-order valence-electron chi connectivity index (χ1n) is 6.33. The van der Waals surface area contributed by atoms with Crippen LogP contribution in [0.5, 0.6) is 11.5 Å². The van der Waals surface area contributed by atoms with Gasteiger partial charge in [0.2, 0.25) is 0 Å². The smallest absolute Gasteiger partial charge is 0.311 e. The summed E-state index contributed by atoms with van der Waals surface area (Å²) in [4.78, 5) is 11.3. The van der Waals surface area contributed by atoms with E-state index in [0.29, 0.717) is 43.3 Å². The van der Waals surface area contributed by atoms with E-state index in [1.165, 1.54) is 0 Å². The highest BCUT2D eigenvalue weighted by Crippen LogP contribution is 2.33. The summed E-state index contributed by atoms with van der Waals surface area (Å²) >= 11 is 0. The first kappa shape index (κ1) is 13.7. The fourth-order valence-corrected chi connectivity index (χ4v) is 2.07. The number of hydrogen-bond donors (Lipinski definition) is 1. The molecule has 0 bridgehead atoms. The number of benzene rings is 1. The molecule has 2 rings (SSSR count). The molecule has 5 nitrogen and oxygen atoms in total. The second-order valence-corrected chi connectivity index (χ2v) is 4.43. The van der Waals surface area contributed by atoms with Crippen LogP contribution in [0.15, 0.2) is 18.2 Å². The molecule has 0 radical (unpaired) electrons. The fourth-order valence-electron chi connectivity index (χ4n) is 2.07. The molecule has 1 aromatic rings. The Balaban J connectivity index is 2.23. The second kappa shape index (κ2) is 6.43. The van der Waals surface area contributed by atoms with Crippen LogP contribution >= 0.6 is 0 Å². The second-order valence-electron chi connectivity index (χ2n) is 4.43. The number of methoxy groups -OCH3 is 1. The maximum atomic E-state index is 11.3. The summed E-state index contributed by atoms with van der Waals surface area (Å²) in [7, 11) is 1.56. The Bertz CT molecular complexity index is 443. The SMILES string of the molecule is COCCC(C(=O)O)c1ccc2c(c1)OCCCO2. The quantitative estimate of drug-likeness (QED) is 0.883. The summed E-state index contributed by atoms with van der Waals surface area (Å²) in [5.41, 5.74) is 0.716. The Kier molecular flexibility index (Phi) is 4.63. The normalized spacial score (nSPS) is 15.6. The molecule has 0 amide bonds. The third-order valence-corrected chi connectivity index (χ3v) is 3.08. The van der Waals surface area contributed by atoms with Gasteiger partial charge in [-0.1, -0.05) is 6.07 Å². The molecule has 104 valence electrons. The largest absolute Gasteiger partial charge is 0.490 e. The predicted molar refractivity (Wildman–Crippen MR) is 68.9 cm³/mol. The van der Waals surface area contributed by atoms with E-state index in [2.05, 4.69) is 0 Å². The van der Waals surface area contributed by atoms with Gasteiger partial charge in [0.25, 0.3) is 0 Å². The molecule has 0 saturated heterocycles. The van der Waals surface area contributed by atoms with Gasteiger partial charge in [0.15, 0.2) is 11.5 Å². The number of ether oxygens (including phenoxy) is 3. The summed E-state index contributed by atoms with van der Waals surface area (Å²) in [5, 5.41) is 9.29. The lowest BCUT2D eigenvalue weighted by Gasteiger charge is -2.15. The highest BCUT2D eigenvalue weighted by molar-refractivity contribution is 5.76. The molecule has 0 fully saturated rings. The standard InChI is InChI=1S/C14H18O5/c1-17-8-5-11(14(15)16)10-3-4-12-13(9-10)19-7-2-6-18-12/h3-4,9,11H,2,5-8H2,1H3,(H,15,16). The molecule has 5 heteroatoms. The molecule has 1 aliphatic heterocycles. The Morgan fingerprint density at radius 3 is 2.79 bits per heavy atom. The van der Waals surface area contributed by atoms with Gasteiger partial charge in [-0.3, -0.25) is 4.79 Å². The average molecular weight is 266 g/mol. The lowest BCUT2D eigenvalue weighted by Crippen LogP contribution is -2.14. The van der Waals surface area contributed by atoms with Crippen molar-refractivity contribution in [1.82, 2.24) is 0 Å². The van der Waals surface area contributed by atoms with Crippen LogP contribution in [0.3, 0.4) is 0 Å². The van der Waals surface area contributed by atoms with Gasteiger partial charge in [0.05, 0.1) is 19.1 Å². The molecule has 19 heavy (non-hydrogen) atoms. The van der Waals surface area contributed by atoms with Crippen molar-refractivity contribution in [2.45, 2.75) is 18.8 Å². The maximum absolute atomic E-state index is 11.3. The Hall–Kier alpha value is -1.75. The van der Waals surface area contributed by atoms with Crippen molar-refractivity contribution in [3.63, 3.8) is 0 Å². The summed E-state index contributed by atoms with van der Waals surface area (Å²) in [6.45, 7) is 1.62. The summed E-state index contributed by atoms with van der Waals surface area (Å²) < 4.78 is 16.1. The predicted octanol–water partition coefficient (Wildman–Crippen LogP) is 2.05. The van der Waals surface area contributed by atoms with Crippen LogP contribution in [0.25, 0.3) is 0 Å². The van der Waals surface area contributed by atoms with Crippen molar-refractivity contribution < 1.29 is 24.1 Å². The minimum Gasteiger partial charge on any atom is -0.490 e. The first-order chi connectivity index (χ1) is 9.22. The highest BCUT2D eigenvalue weighted by Gasteiger charge is 2.22. The van der Waals surface area contributed by atoms with Crippen molar-refractivity contribution in [3.8, 4) is 11.5 Å². The molecule has 1 N–H and O–H groups in total. The molecule has 1 aliphatic rings. The number of hydrogen-bond acceptors (Lipinski definition) is 4. The number of carbonyl (C=O) groups is 1. The van der Waals surface area contributed by atoms with Crippen LogP contribution in [0, 0.1) is 0 Å². The van der Waals surface area contributed by atoms with Gasteiger partial charge in [-0.15, -0.1) is 0 Å². The molecule has 0 spiro atoms. The first-order valence-corrected chi connectivity index (χ1v) is 6.33. The van der Waals surface area contributed by atoms with Gasteiger partial charge in [-0.2, -0.15) is 0 Å². The third kappa shape index (κ3) is 3.38. The van der Waals surface area contributed by atoms with E-state index in [4.69, 9.17) is 14.2 Å².